The van der Waals surface area contributed by atoms with E-state index in [1.807, 2.05) is 30.4 Å². The highest BCUT2D eigenvalue weighted by molar-refractivity contribution is 7.47. The number of carbonyl (C=O) groups is 3. The number of aliphatic hydroxyl groups excluding tert-OH is 1. The Bertz CT molecular complexity index is 1590. The molecule has 0 bridgehead atoms. The Hall–Kier alpha value is -3.86. The zero-order valence-electron chi connectivity index (χ0n) is 43.7. The molecule has 11 nitrogen and oxygen atoms in total. The Morgan fingerprint density at radius 3 is 1.21 bits per heavy atom. The minimum atomic E-state index is -4.78. The Morgan fingerprint density at radius 2 is 0.786 bits per heavy atom. The molecule has 0 rings (SSSR count). The van der Waals surface area contributed by atoms with Gasteiger partial charge >= 0.3 is 25.7 Å². The van der Waals surface area contributed by atoms with Gasteiger partial charge in [0.05, 0.1) is 26.2 Å². The van der Waals surface area contributed by atoms with Crippen molar-refractivity contribution in [1.82, 2.24) is 0 Å². The average molecular weight is 999 g/mol. The predicted molar refractivity (Wildman–Crippen MR) is 288 cm³/mol. The van der Waals surface area contributed by atoms with Crippen LogP contribution in [-0.4, -0.2) is 66.5 Å². The largest absolute Gasteiger partial charge is 0.472 e. The fraction of sp³-hybridized carbons (Fsp3) is 0.638. The van der Waals surface area contributed by atoms with Crippen molar-refractivity contribution in [2.75, 3.05) is 26.4 Å². The maximum absolute atomic E-state index is 12.9. The van der Waals surface area contributed by atoms with Crippen molar-refractivity contribution in [1.29, 1.82) is 0 Å². The third-order valence-electron chi connectivity index (χ3n) is 10.7. The Morgan fingerprint density at radius 1 is 0.429 bits per heavy atom. The van der Waals surface area contributed by atoms with E-state index in [-0.39, 0.29) is 19.3 Å². The van der Waals surface area contributed by atoms with Crippen molar-refractivity contribution in [3.8, 4) is 0 Å². The lowest BCUT2D eigenvalue weighted by Gasteiger charge is -2.21. The van der Waals surface area contributed by atoms with Crippen LogP contribution in [0.2, 0.25) is 0 Å². The van der Waals surface area contributed by atoms with Crippen molar-refractivity contribution in [3.63, 3.8) is 0 Å². The summed E-state index contributed by atoms with van der Waals surface area (Å²) in [5, 5.41) is 9.76. The molecular weight excluding hydrogens is 904 g/mol. The zero-order valence-corrected chi connectivity index (χ0v) is 44.6. The van der Waals surface area contributed by atoms with E-state index in [1.54, 1.807) is 6.08 Å². The number of hydrogen-bond donors (Lipinski definition) is 2. The number of hydrogen-bond acceptors (Lipinski definition) is 10. The number of phosphoric acid groups is 1. The lowest BCUT2D eigenvalue weighted by molar-refractivity contribution is -0.161. The van der Waals surface area contributed by atoms with Crippen LogP contribution >= 0.6 is 7.82 Å². The van der Waals surface area contributed by atoms with Gasteiger partial charge in [0, 0.05) is 12.8 Å². The molecule has 12 heteroatoms. The van der Waals surface area contributed by atoms with Crippen LogP contribution in [0.15, 0.2) is 109 Å². The van der Waals surface area contributed by atoms with Gasteiger partial charge < -0.3 is 24.2 Å². The van der Waals surface area contributed by atoms with Gasteiger partial charge in [-0.15, -0.1) is 0 Å². The zero-order chi connectivity index (χ0) is 51.3. The summed E-state index contributed by atoms with van der Waals surface area (Å²) in [7, 11) is -4.78. The lowest BCUT2D eigenvalue weighted by Crippen LogP contribution is -2.30. The van der Waals surface area contributed by atoms with Crippen LogP contribution in [0, 0.1) is 0 Å². The summed E-state index contributed by atoms with van der Waals surface area (Å²) < 4.78 is 39.2. The first-order valence-corrected chi connectivity index (χ1v) is 28.3. The minimum Gasteiger partial charge on any atom is -0.461 e. The number of phosphoric ester groups is 1. The average Bonchev–Trinajstić information content (AvgIpc) is 3.35. The molecule has 0 aromatic rings. The van der Waals surface area contributed by atoms with E-state index < -0.39 is 64.4 Å². The van der Waals surface area contributed by atoms with Crippen LogP contribution in [0.1, 0.15) is 201 Å². The molecule has 0 amide bonds. The van der Waals surface area contributed by atoms with E-state index in [0.29, 0.717) is 19.3 Å². The van der Waals surface area contributed by atoms with Crippen molar-refractivity contribution >= 4 is 25.7 Å². The molecule has 0 heterocycles. The van der Waals surface area contributed by atoms with E-state index in [1.165, 1.54) is 70.6 Å². The molecule has 0 aliphatic heterocycles. The van der Waals surface area contributed by atoms with Crippen molar-refractivity contribution in [2.24, 2.45) is 0 Å². The fourth-order valence-corrected chi connectivity index (χ4v) is 7.52. The summed E-state index contributed by atoms with van der Waals surface area (Å²) in [5.74, 6) is -1.71. The molecule has 0 aromatic carbocycles. The topological polar surface area (TPSA) is 155 Å². The van der Waals surface area contributed by atoms with Gasteiger partial charge in [-0.05, 0) is 70.6 Å². The third-order valence-corrected chi connectivity index (χ3v) is 11.7. The lowest BCUT2D eigenvalue weighted by atomic mass is 10.0. The summed E-state index contributed by atoms with van der Waals surface area (Å²) in [6, 6.07) is 0. The van der Waals surface area contributed by atoms with E-state index in [4.69, 9.17) is 23.3 Å². The van der Waals surface area contributed by atoms with Gasteiger partial charge in [-0.3, -0.25) is 23.4 Å². The molecule has 398 valence electrons. The number of aliphatic hydroxyl groups is 1. The van der Waals surface area contributed by atoms with Gasteiger partial charge in [-0.2, -0.15) is 0 Å². The second-order valence-electron chi connectivity index (χ2n) is 17.3. The molecule has 0 saturated heterocycles. The third kappa shape index (κ3) is 49.1. The predicted octanol–water partition coefficient (Wildman–Crippen LogP) is 15.5. The number of unbranched alkanes of at least 4 members (excludes halogenated alkanes) is 14. The van der Waals surface area contributed by atoms with Crippen LogP contribution in [0.25, 0.3) is 0 Å². The minimum absolute atomic E-state index is 0.0134. The van der Waals surface area contributed by atoms with E-state index in [0.717, 1.165) is 70.6 Å². The number of esters is 3. The van der Waals surface area contributed by atoms with Gasteiger partial charge in [0.15, 0.2) is 6.10 Å². The first-order valence-electron chi connectivity index (χ1n) is 26.8. The normalized spacial score (nSPS) is 14.3. The molecule has 3 unspecified atom stereocenters. The summed E-state index contributed by atoms with van der Waals surface area (Å²) >= 11 is 0. The number of allylic oxidation sites excluding steroid dienone is 17. The van der Waals surface area contributed by atoms with Crippen molar-refractivity contribution in [2.45, 2.75) is 213 Å². The number of rotatable bonds is 48. The van der Waals surface area contributed by atoms with Gasteiger partial charge in [0.2, 0.25) is 0 Å². The van der Waals surface area contributed by atoms with Gasteiger partial charge in [-0.1, -0.05) is 220 Å². The Labute approximate surface area is 425 Å². The molecule has 0 fully saturated rings. The highest BCUT2D eigenvalue weighted by Gasteiger charge is 2.28. The van der Waals surface area contributed by atoms with Gasteiger partial charge in [0.1, 0.15) is 12.7 Å². The highest BCUT2D eigenvalue weighted by atomic mass is 31.2. The highest BCUT2D eigenvalue weighted by Crippen LogP contribution is 2.43. The molecule has 0 aliphatic rings. The second-order valence-corrected chi connectivity index (χ2v) is 18.8. The molecule has 2 N–H and O–H groups in total. The monoisotopic (exact) mass is 999 g/mol. The summed E-state index contributed by atoms with van der Waals surface area (Å²) in [5.41, 5.74) is 0. The van der Waals surface area contributed by atoms with Crippen LogP contribution in [-0.2, 0) is 42.2 Å². The standard InChI is InChI=1S/C58H95O11P/c1-4-7-10-13-16-19-22-25-27-30-32-35-38-41-44-47-56(60)65-51-55(69-58(62)49-46-43-40-37-34-31-28-26-23-20-17-14-11-8-5-2)53-67-70(63,64)66-52-54(50-59)68-57(61)48-45-42-39-36-33-29-24-21-18-15-12-9-6-3/h7,9-10,12,16,18-19,21,25,27,29,32-33,35,39,41-42,44,54-55,59H,4-6,8,11,13-15,17,20,22-24,26,28,30-31,34,36-38,40,43,45-53H2,1-3H3,(H,63,64)/b10-7-,12-9-,19-16-,21-18-,27-25-,33-29-,35-32-,42-39-,44-41-. The van der Waals surface area contributed by atoms with Crippen LogP contribution in [0.5, 0.6) is 0 Å². The quantitative estimate of drug-likeness (QED) is 0.0197. The second kappa shape index (κ2) is 51.5. The molecule has 0 saturated carbocycles. The molecule has 0 aliphatic carbocycles. The maximum atomic E-state index is 12.9. The Kier molecular flexibility index (Phi) is 48.7. The summed E-state index contributed by atoms with van der Waals surface area (Å²) in [4.78, 5) is 48.3. The van der Waals surface area contributed by atoms with Crippen LogP contribution in [0.4, 0.5) is 0 Å². The molecule has 0 spiro atoms. The number of ether oxygens (including phenoxy) is 3. The maximum Gasteiger partial charge on any atom is 0.472 e. The first-order chi connectivity index (χ1) is 34.2. The molecule has 70 heavy (non-hydrogen) atoms. The SMILES string of the molecule is CC/C=C\C/C=C\C/C=C\C/C=C\C/C=C\CC(=O)OCC(COP(=O)(O)OCC(CO)OC(=O)CC/C=C\C/C=C\C/C=C\C/C=C\CC)OC(=O)CCCCCCCCCCCCCCCCC. The van der Waals surface area contributed by atoms with Crippen LogP contribution in [0.3, 0.4) is 0 Å². The number of carbonyl (C=O) groups excluding carboxylic acids is 3. The smallest absolute Gasteiger partial charge is 0.461 e. The summed E-state index contributed by atoms with van der Waals surface area (Å²) in [6.45, 7) is 4.20. The van der Waals surface area contributed by atoms with Crippen molar-refractivity contribution in [3.05, 3.63) is 109 Å². The molecule has 3 atom stereocenters. The molecule has 0 radical (unpaired) electrons. The van der Waals surface area contributed by atoms with Gasteiger partial charge in [0.25, 0.3) is 0 Å². The molecular formula is C58H95O11P. The fourth-order valence-electron chi connectivity index (χ4n) is 6.74. The summed E-state index contributed by atoms with van der Waals surface area (Å²) in [6.07, 6.45) is 61.0. The first kappa shape index (κ1) is 66.1. The van der Waals surface area contributed by atoms with E-state index in [2.05, 4.69) is 93.7 Å². The van der Waals surface area contributed by atoms with Gasteiger partial charge in [-0.25, -0.2) is 4.57 Å². The van der Waals surface area contributed by atoms with E-state index in [9.17, 15) is 28.9 Å². The van der Waals surface area contributed by atoms with E-state index >= 15 is 0 Å². The van der Waals surface area contributed by atoms with Crippen LogP contribution < -0.4 is 0 Å². The van der Waals surface area contributed by atoms with Crippen molar-refractivity contribution < 1.29 is 52.2 Å². The molecule has 0 aromatic heterocycles. The Balaban J connectivity index is 4.91.